The highest BCUT2D eigenvalue weighted by molar-refractivity contribution is 5.41. The molecule has 0 amide bonds. The minimum atomic E-state index is -0.511. The molecule has 0 bridgehead atoms. The Kier molecular flexibility index (Phi) is 2.73. The van der Waals surface area contributed by atoms with Crippen LogP contribution < -0.4 is 0 Å². The summed E-state index contributed by atoms with van der Waals surface area (Å²) in [7, 11) is 0. The second-order valence-corrected chi connectivity index (χ2v) is 5.71. The fourth-order valence-corrected chi connectivity index (χ4v) is 3.16. The number of hydrogen-bond donors (Lipinski definition) is 2. The van der Waals surface area contributed by atoms with Crippen LogP contribution in [0.4, 0.5) is 0 Å². The molecule has 4 heteroatoms. The van der Waals surface area contributed by atoms with E-state index in [4.69, 9.17) is 0 Å². The van der Waals surface area contributed by atoms with E-state index in [1.165, 1.54) is 0 Å². The van der Waals surface area contributed by atoms with Crippen LogP contribution in [0.2, 0.25) is 0 Å². The van der Waals surface area contributed by atoms with Crippen LogP contribution >= 0.6 is 0 Å². The van der Waals surface area contributed by atoms with E-state index in [0.717, 1.165) is 16.8 Å². The zero-order chi connectivity index (χ0) is 13.6. The molecule has 2 atom stereocenters. The molecule has 0 spiro atoms. The molecule has 2 N–H and O–H groups in total. The lowest BCUT2D eigenvalue weighted by atomic mass is 9.83. The van der Waals surface area contributed by atoms with Gasteiger partial charge in [-0.3, -0.25) is 0 Å². The van der Waals surface area contributed by atoms with Crippen LogP contribution in [0.5, 0.6) is 0 Å². The Morgan fingerprint density at radius 3 is 2.63 bits per heavy atom. The highest BCUT2D eigenvalue weighted by atomic mass is 16.3. The van der Waals surface area contributed by atoms with Crippen LogP contribution in [-0.2, 0) is 6.61 Å². The summed E-state index contributed by atoms with van der Waals surface area (Å²) in [5, 5.41) is 20.0. The number of aliphatic hydroxyl groups is 2. The third-order valence-electron chi connectivity index (χ3n) is 4.18. The number of nitrogens with zero attached hydrogens (tertiary/aromatic N) is 2. The Bertz CT molecular complexity index is 604. The molecule has 1 aromatic heterocycles. The SMILES string of the molecule is CC1(C)C(n2cncc2CO)c2ccccc2[C@@H]1O. The zero-order valence-electron chi connectivity index (χ0n) is 11.1. The fraction of sp³-hybridized carbons (Fsp3) is 0.400. The molecule has 0 radical (unpaired) electrons. The van der Waals surface area contributed by atoms with Gasteiger partial charge in [-0.2, -0.15) is 0 Å². The highest BCUT2D eigenvalue weighted by Gasteiger charge is 2.47. The Morgan fingerprint density at radius 1 is 1.26 bits per heavy atom. The first-order chi connectivity index (χ1) is 9.07. The first-order valence-corrected chi connectivity index (χ1v) is 6.46. The molecule has 4 nitrogen and oxygen atoms in total. The van der Waals surface area contributed by atoms with Gasteiger partial charge in [0.2, 0.25) is 0 Å². The third kappa shape index (κ3) is 1.64. The highest BCUT2D eigenvalue weighted by Crippen LogP contribution is 2.54. The van der Waals surface area contributed by atoms with E-state index in [9.17, 15) is 10.2 Å². The second kappa shape index (κ2) is 4.18. The van der Waals surface area contributed by atoms with Gasteiger partial charge >= 0.3 is 0 Å². The van der Waals surface area contributed by atoms with Crippen molar-refractivity contribution in [2.75, 3.05) is 0 Å². The van der Waals surface area contributed by atoms with Crippen molar-refractivity contribution >= 4 is 0 Å². The monoisotopic (exact) mass is 258 g/mol. The average molecular weight is 258 g/mol. The van der Waals surface area contributed by atoms with E-state index in [1.54, 1.807) is 12.5 Å². The van der Waals surface area contributed by atoms with Crippen LogP contribution in [0.15, 0.2) is 36.8 Å². The lowest BCUT2D eigenvalue weighted by molar-refractivity contribution is 0.0405. The van der Waals surface area contributed by atoms with Crippen LogP contribution in [0, 0.1) is 5.41 Å². The number of imidazole rings is 1. The number of aliphatic hydroxyl groups excluding tert-OH is 2. The molecule has 2 aromatic rings. The molecule has 3 rings (SSSR count). The number of benzene rings is 1. The molecule has 100 valence electrons. The third-order valence-corrected chi connectivity index (χ3v) is 4.18. The first kappa shape index (κ1) is 12.4. The Morgan fingerprint density at radius 2 is 1.95 bits per heavy atom. The molecule has 1 heterocycles. The standard InChI is InChI=1S/C15H18N2O2/c1-15(2)13(17-9-16-7-10(17)8-18)11-5-3-4-6-12(11)14(15)19/h3-7,9,13-14,18-19H,8H2,1-2H3/t13?,14-/m0/s1. The summed E-state index contributed by atoms with van der Waals surface area (Å²) in [6.07, 6.45) is 2.89. The lowest BCUT2D eigenvalue weighted by Gasteiger charge is -2.32. The maximum absolute atomic E-state index is 10.5. The van der Waals surface area contributed by atoms with Gasteiger partial charge in [0.25, 0.3) is 0 Å². The van der Waals surface area contributed by atoms with Crippen molar-refractivity contribution in [2.45, 2.75) is 32.6 Å². The quantitative estimate of drug-likeness (QED) is 0.866. The van der Waals surface area contributed by atoms with Crippen molar-refractivity contribution < 1.29 is 10.2 Å². The summed E-state index contributed by atoms with van der Waals surface area (Å²) in [4.78, 5) is 4.12. The van der Waals surface area contributed by atoms with Crippen LogP contribution in [-0.4, -0.2) is 19.8 Å². The molecule has 0 saturated heterocycles. The van der Waals surface area contributed by atoms with Crippen molar-refractivity contribution in [3.8, 4) is 0 Å². The van der Waals surface area contributed by atoms with E-state index in [-0.39, 0.29) is 18.1 Å². The minimum Gasteiger partial charge on any atom is -0.390 e. The number of hydrogen-bond acceptors (Lipinski definition) is 3. The molecule has 19 heavy (non-hydrogen) atoms. The van der Waals surface area contributed by atoms with Crippen LogP contribution in [0.1, 0.15) is 42.8 Å². The van der Waals surface area contributed by atoms with Crippen molar-refractivity contribution in [1.29, 1.82) is 0 Å². The minimum absolute atomic E-state index is 0.0108. The summed E-state index contributed by atoms with van der Waals surface area (Å²) < 4.78 is 1.97. The van der Waals surface area contributed by atoms with Crippen LogP contribution in [0.25, 0.3) is 0 Å². The summed E-state index contributed by atoms with van der Waals surface area (Å²) in [6, 6.07) is 7.93. The Balaban J connectivity index is 2.20. The fourth-order valence-electron chi connectivity index (χ4n) is 3.16. The summed E-state index contributed by atoms with van der Waals surface area (Å²) in [5.41, 5.74) is 2.50. The second-order valence-electron chi connectivity index (χ2n) is 5.71. The summed E-state index contributed by atoms with van der Waals surface area (Å²) in [5.74, 6) is 0. The first-order valence-electron chi connectivity index (χ1n) is 6.46. The van der Waals surface area contributed by atoms with Gasteiger partial charge in [0, 0.05) is 5.41 Å². The van der Waals surface area contributed by atoms with Gasteiger partial charge in [-0.1, -0.05) is 38.1 Å². The molecular weight excluding hydrogens is 240 g/mol. The van der Waals surface area contributed by atoms with Crippen molar-refractivity contribution in [3.63, 3.8) is 0 Å². The average Bonchev–Trinajstić information content (AvgIpc) is 2.93. The summed E-state index contributed by atoms with van der Waals surface area (Å²) in [6.45, 7) is 4.04. The molecule has 1 unspecified atom stereocenters. The summed E-state index contributed by atoms with van der Waals surface area (Å²) >= 11 is 0. The van der Waals surface area contributed by atoms with E-state index >= 15 is 0 Å². The molecule has 0 fully saturated rings. The van der Waals surface area contributed by atoms with E-state index in [2.05, 4.69) is 4.98 Å². The lowest BCUT2D eigenvalue weighted by Crippen LogP contribution is -2.28. The Labute approximate surface area is 112 Å². The van der Waals surface area contributed by atoms with E-state index in [0.29, 0.717) is 0 Å². The number of fused-ring (bicyclic) bond motifs is 1. The zero-order valence-corrected chi connectivity index (χ0v) is 11.1. The molecule has 0 saturated carbocycles. The van der Waals surface area contributed by atoms with Gasteiger partial charge in [0.05, 0.1) is 37.0 Å². The Hall–Kier alpha value is -1.65. The van der Waals surface area contributed by atoms with Gasteiger partial charge in [-0.15, -0.1) is 0 Å². The molecule has 1 aliphatic carbocycles. The molecule has 0 aliphatic heterocycles. The number of aromatic nitrogens is 2. The largest absolute Gasteiger partial charge is 0.390 e. The smallest absolute Gasteiger partial charge is 0.0954 e. The number of rotatable bonds is 2. The molecule has 1 aliphatic rings. The normalized spacial score (nSPS) is 24.4. The molecule has 1 aromatic carbocycles. The topological polar surface area (TPSA) is 58.3 Å². The van der Waals surface area contributed by atoms with Gasteiger partial charge in [0.15, 0.2) is 0 Å². The van der Waals surface area contributed by atoms with Crippen molar-refractivity contribution in [2.24, 2.45) is 5.41 Å². The van der Waals surface area contributed by atoms with Gasteiger partial charge in [-0.05, 0) is 11.1 Å². The predicted molar refractivity (Wildman–Crippen MR) is 71.5 cm³/mol. The van der Waals surface area contributed by atoms with Crippen LogP contribution in [0.3, 0.4) is 0 Å². The van der Waals surface area contributed by atoms with Gasteiger partial charge in [-0.25, -0.2) is 4.98 Å². The van der Waals surface area contributed by atoms with E-state index in [1.807, 2.05) is 42.7 Å². The molecular formula is C15H18N2O2. The van der Waals surface area contributed by atoms with Gasteiger partial charge < -0.3 is 14.8 Å². The predicted octanol–water partition coefficient (Wildman–Crippen LogP) is 2.04. The maximum Gasteiger partial charge on any atom is 0.0954 e. The maximum atomic E-state index is 10.5. The van der Waals surface area contributed by atoms with Gasteiger partial charge in [0.1, 0.15) is 0 Å². The van der Waals surface area contributed by atoms with Crippen molar-refractivity contribution in [1.82, 2.24) is 9.55 Å². The van der Waals surface area contributed by atoms with Crippen molar-refractivity contribution in [3.05, 3.63) is 53.6 Å². The van der Waals surface area contributed by atoms with E-state index < -0.39 is 6.10 Å².